The predicted molar refractivity (Wildman–Crippen MR) is 129 cm³/mol. The van der Waals surface area contributed by atoms with Crippen LogP contribution in [0.25, 0.3) is 10.2 Å². The zero-order chi connectivity index (χ0) is 21.9. The molecule has 4 aromatic rings. The van der Waals surface area contributed by atoms with Gasteiger partial charge in [0.25, 0.3) is 0 Å². The van der Waals surface area contributed by atoms with Gasteiger partial charge >= 0.3 is 7.75 Å². The fourth-order valence-electron chi connectivity index (χ4n) is 2.84. The number of hydrogen-bond donors (Lipinski definition) is 0. The van der Waals surface area contributed by atoms with Crippen LogP contribution in [-0.4, -0.2) is 14.6 Å². The summed E-state index contributed by atoms with van der Waals surface area (Å²) in [6, 6.07) is 26.1. The first-order valence-corrected chi connectivity index (χ1v) is 12.9. The van der Waals surface area contributed by atoms with Crippen molar-refractivity contribution in [1.82, 2.24) is 9.06 Å². The lowest BCUT2D eigenvalue weighted by atomic mass is 10.1. The molecular formula is C23H23N2O3PS2. The zero-order valence-electron chi connectivity index (χ0n) is 17.5. The third-order valence-corrected chi connectivity index (χ3v) is 9.21. The topological polar surface area (TPSA) is 51.7 Å². The van der Waals surface area contributed by atoms with E-state index in [1.54, 1.807) is 39.7 Å². The Morgan fingerprint density at radius 1 is 0.839 bits per heavy atom. The van der Waals surface area contributed by atoms with E-state index in [9.17, 15) is 4.57 Å². The maximum atomic E-state index is 14.4. The van der Waals surface area contributed by atoms with Crippen molar-refractivity contribution in [2.75, 3.05) is 0 Å². The second kappa shape index (κ2) is 9.05. The summed E-state index contributed by atoms with van der Waals surface area (Å²) in [5, 5.41) is 0. The Bertz CT molecular complexity index is 1120. The summed E-state index contributed by atoms with van der Waals surface area (Å²) in [7, 11) is -3.84. The molecule has 0 unspecified atom stereocenters. The van der Waals surface area contributed by atoms with E-state index in [1.165, 1.54) is 11.9 Å². The van der Waals surface area contributed by atoms with Crippen LogP contribution in [0.3, 0.4) is 0 Å². The number of nitrogens with zero attached hydrogens (tertiary/aromatic N) is 2. The predicted octanol–water partition coefficient (Wildman–Crippen LogP) is 7.67. The lowest BCUT2D eigenvalue weighted by Gasteiger charge is -2.37. The molecule has 0 saturated carbocycles. The maximum absolute atomic E-state index is 14.4. The van der Waals surface area contributed by atoms with E-state index in [-0.39, 0.29) is 0 Å². The number of para-hydroxylation sites is 3. The van der Waals surface area contributed by atoms with Crippen molar-refractivity contribution in [3.63, 3.8) is 0 Å². The Labute approximate surface area is 190 Å². The van der Waals surface area contributed by atoms with Gasteiger partial charge < -0.3 is 9.05 Å². The molecule has 1 heterocycles. The highest BCUT2D eigenvalue weighted by Crippen LogP contribution is 2.60. The summed E-state index contributed by atoms with van der Waals surface area (Å²) in [6.45, 7) is 5.92. The number of fused-ring (bicyclic) bond motifs is 1. The van der Waals surface area contributed by atoms with Crippen LogP contribution < -0.4 is 9.05 Å². The quantitative estimate of drug-likeness (QED) is 0.204. The Kier molecular flexibility index (Phi) is 6.39. The van der Waals surface area contributed by atoms with Gasteiger partial charge in [0.15, 0.2) is 4.34 Å². The summed E-state index contributed by atoms with van der Waals surface area (Å²) in [6.07, 6.45) is 0. The first kappa shape index (κ1) is 21.9. The van der Waals surface area contributed by atoms with Crippen LogP contribution in [0.2, 0.25) is 0 Å². The number of thiazole rings is 1. The smallest absolute Gasteiger partial charge is 0.404 e. The minimum atomic E-state index is -3.84. The monoisotopic (exact) mass is 470 g/mol. The van der Waals surface area contributed by atoms with E-state index in [0.29, 0.717) is 11.5 Å². The molecule has 0 amide bonds. The van der Waals surface area contributed by atoms with Gasteiger partial charge in [-0.2, -0.15) is 0 Å². The van der Waals surface area contributed by atoms with Crippen molar-refractivity contribution in [2.45, 2.75) is 30.6 Å². The molecule has 1 aromatic heterocycles. The molecule has 0 saturated heterocycles. The van der Waals surface area contributed by atoms with Crippen LogP contribution >= 0.6 is 31.0 Å². The first-order chi connectivity index (χ1) is 14.8. The van der Waals surface area contributed by atoms with Crippen molar-refractivity contribution in [3.8, 4) is 11.5 Å². The Balaban J connectivity index is 1.74. The van der Waals surface area contributed by atoms with Gasteiger partial charge in [-0.25, -0.2) is 9.55 Å². The average Bonchev–Trinajstić information content (AvgIpc) is 3.15. The summed E-state index contributed by atoms with van der Waals surface area (Å²) in [5.41, 5.74) is 0.355. The van der Waals surface area contributed by atoms with Crippen molar-refractivity contribution < 1.29 is 13.6 Å². The van der Waals surface area contributed by atoms with Gasteiger partial charge in [-0.3, -0.25) is 0 Å². The van der Waals surface area contributed by atoms with Gasteiger partial charge in [0.05, 0.1) is 10.2 Å². The summed E-state index contributed by atoms with van der Waals surface area (Å²) in [4.78, 5) is 4.70. The average molecular weight is 471 g/mol. The maximum Gasteiger partial charge on any atom is 0.526 e. The van der Waals surface area contributed by atoms with Gasteiger partial charge in [0.2, 0.25) is 0 Å². The Morgan fingerprint density at radius 3 is 1.87 bits per heavy atom. The van der Waals surface area contributed by atoms with Gasteiger partial charge in [-0.15, -0.1) is 15.4 Å². The molecule has 0 aliphatic rings. The largest absolute Gasteiger partial charge is 0.526 e. The van der Waals surface area contributed by atoms with E-state index < -0.39 is 13.3 Å². The molecule has 0 spiro atoms. The molecular weight excluding hydrogens is 447 g/mol. The first-order valence-electron chi connectivity index (χ1n) is 9.77. The van der Waals surface area contributed by atoms with Crippen molar-refractivity contribution >= 4 is 41.2 Å². The van der Waals surface area contributed by atoms with Crippen molar-refractivity contribution in [2.24, 2.45) is 0 Å². The van der Waals surface area contributed by atoms with Crippen LogP contribution in [0, 0.1) is 0 Å². The molecule has 0 aliphatic heterocycles. The Morgan fingerprint density at radius 2 is 1.35 bits per heavy atom. The molecule has 4 rings (SSSR count). The SMILES string of the molecule is CC(C)(C)N(Sc1nc2ccccc2s1)P(=O)(Oc1ccccc1)Oc1ccccc1. The number of aromatic nitrogens is 1. The van der Waals surface area contributed by atoms with Crippen LogP contribution in [0.1, 0.15) is 20.8 Å². The highest BCUT2D eigenvalue weighted by molar-refractivity contribution is 8.03. The molecule has 3 aromatic carbocycles. The summed E-state index contributed by atoms with van der Waals surface area (Å²) in [5.74, 6) is 0.946. The molecule has 0 aliphatic carbocycles. The zero-order valence-corrected chi connectivity index (χ0v) is 20.0. The molecule has 31 heavy (non-hydrogen) atoms. The molecule has 0 fully saturated rings. The third kappa shape index (κ3) is 5.31. The molecule has 0 bridgehead atoms. The molecule has 160 valence electrons. The molecule has 5 nitrogen and oxygen atoms in total. The second-order valence-corrected chi connectivity index (χ2v) is 12.0. The standard InChI is InChI=1S/C23H23N2O3PS2/c1-23(2,3)25(31-22-24-20-16-10-11-17-21(20)30-22)29(26,27-18-12-6-4-7-13-18)28-19-14-8-5-9-15-19/h4-17H,1-3H3. The van der Waals surface area contributed by atoms with Crippen LogP contribution in [0.5, 0.6) is 11.5 Å². The van der Waals surface area contributed by atoms with Gasteiger partial charge in [-0.1, -0.05) is 48.5 Å². The summed E-state index contributed by atoms with van der Waals surface area (Å²) >= 11 is 2.84. The molecule has 0 radical (unpaired) electrons. The van der Waals surface area contributed by atoms with Gasteiger partial charge in [0.1, 0.15) is 11.5 Å². The highest BCUT2D eigenvalue weighted by atomic mass is 32.2. The highest BCUT2D eigenvalue weighted by Gasteiger charge is 2.45. The second-order valence-electron chi connectivity index (χ2n) is 7.76. The minimum absolute atomic E-state index is 0.473. The van der Waals surface area contributed by atoms with Gasteiger partial charge in [-0.05, 0) is 57.2 Å². The molecule has 0 N–H and O–H groups in total. The summed E-state index contributed by atoms with van der Waals surface area (Å²) < 4.78 is 30.0. The van der Waals surface area contributed by atoms with E-state index in [0.717, 1.165) is 14.6 Å². The Hall–Kier alpha value is -2.31. The van der Waals surface area contributed by atoms with Gasteiger partial charge in [0, 0.05) is 17.5 Å². The van der Waals surface area contributed by atoms with Crippen LogP contribution in [0.15, 0.2) is 89.3 Å². The fourth-order valence-corrected chi connectivity index (χ4v) is 7.43. The lowest BCUT2D eigenvalue weighted by molar-refractivity contribution is 0.281. The fraction of sp³-hybridized carbons (Fsp3) is 0.174. The van der Waals surface area contributed by atoms with E-state index >= 15 is 0 Å². The van der Waals surface area contributed by atoms with Crippen molar-refractivity contribution in [3.05, 3.63) is 84.9 Å². The normalized spacial score (nSPS) is 12.3. The lowest BCUT2D eigenvalue weighted by Crippen LogP contribution is -2.36. The van der Waals surface area contributed by atoms with E-state index in [1.807, 2.05) is 81.4 Å². The molecule has 8 heteroatoms. The number of hydrogen-bond acceptors (Lipinski definition) is 6. The van der Waals surface area contributed by atoms with Crippen molar-refractivity contribution in [1.29, 1.82) is 0 Å². The van der Waals surface area contributed by atoms with E-state index in [2.05, 4.69) is 0 Å². The number of benzene rings is 3. The molecule has 0 atom stereocenters. The minimum Gasteiger partial charge on any atom is -0.404 e. The van der Waals surface area contributed by atoms with Crippen LogP contribution in [0.4, 0.5) is 0 Å². The van der Waals surface area contributed by atoms with Crippen LogP contribution in [-0.2, 0) is 4.57 Å². The van der Waals surface area contributed by atoms with E-state index in [4.69, 9.17) is 14.0 Å². The third-order valence-electron chi connectivity index (χ3n) is 4.16. The number of rotatable bonds is 7.